The molecule has 2 nitrogen and oxygen atoms in total. The summed E-state index contributed by atoms with van der Waals surface area (Å²) in [5, 5.41) is 0. The number of benzene rings is 2. The summed E-state index contributed by atoms with van der Waals surface area (Å²) in [5.74, 6) is -1.77. The number of hydrogen-bond acceptors (Lipinski definition) is 2. The van der Waals surface area contributed by atoms with Crippen molar-refractivity contribution in [1.29, 1.82) is 0 Å². The van der Waals surface area contributed by atoms with Gasteiger partial charge in [-0.3, -0.25) is 0 Å². The molecular formula is C15H11BF2O2. The quantitative estimate of drug-likeness (QED) is 0.781. The topological polar surface area (TPSA) is 18.5 Å². The molecule has 0 spiro atoms. The van der Waals surface area contributed by atoms with Crippen LogP contribution in [0.2, 0.25) is 0 Å². The molecule has 3 rings (SSSR count). The second-order valence-corrected chi connectivity index (χ2v) is 4.56. The summed E-state index contributed by atoms with van der Waals surface area (Å²) < 4.78 is 38.6. The first-order valence-electron chi connectivity index (χ1n) is 6.08. The van der Waals surface area contributed by atoms with E-state index >= 15 is 0 Å². The first-order chi connectivity index (χ1) is 9.60. The van der Waals surface area contributed by atoms with E-state index in [9.17, 15) is 8.78 Å². The Bertz CT molecular complexity index is 641. The smallest absolute Gasteiger partial charge is 0.168 e. The molecule has 0 bridgehead atoms. The molecule has 0 saturated heterocycles. The first kappa shape index (κ1) is 13.0. The minimum atomic E-state index is -0.870. The molecule has 0 amide bonds. The molecule has 0 aliphatic heterocycles. The lowest BCUT2D eigenvalue weighted by atomic mass is 9.78. The Morgan fingerprint density at radius 3 is 1.60 bits per heavy atom. The standard InChI is InChI=1S/C15H11BF2O2/c1-19-9-5-3-7-8-4-6-10(20-2)15(18)12(8)13(16)11(7)14(9)17/h3-6,13H,1-2H3. The van der Waals surface area contributed by atoms with Gasteiger partial charge >= 0.3 is 0 Å². The summed E-state index contributed by atoms with van der Waals surface area (Å²) in [5.41, 5.74) is 1.69. The van der Waals surface area contributed by atoms with E-state index in [2.05, 4.69) is 0 Å². The molecular weight excluding hydrogens is 261 g/mol. The fourth-order valence-electron chi connectivity index (χ4n) is 2.68. The summed E-state index contributed by atoms with van der Waals surface area (Å²) in [7, 11) is 8.77. The van der Waals surface area contributed by atoms with Crippen molar-refractivity contribution < 1.29 is 18.3 Å². The van der Waals surface area contributed by atoms with Crippen LogP contribution in [0.3, 0.4) is 0 Å². The summed E-state index contributed by atoms with van der Waals surface area (Å²) in [6, 6.07) is 6.40. The van der Waals surface area contributed by atoms with Crippen molar-refractivity contribution in [2.45, 2.75) is 5.82 Å². The number of ether oxygens (including phenoxy) is 2. The van der Waals surface area contributed by atoms with Gasteiger partial charge in [0.05, 0.1) is 22.1 Å². The maximum Gasteiger partial charge on any atom is 0.168 e. The molecule has 1 aliphatic rings. The highest BCUT2D eigenvalue weighted by Gasteiger charge is 2.33. The highest BCUT2D eigenvalue weighted by molar-refractivity contribution is 6.17. The molecule has 0 fully saturated rings. The van der Waals surface area contributed by atoms with Gasteiger partial charge in [0, 0.05) is 0 Å². The third-order valence-corrected chi connectivity index (χ3v) is 3.64. The molecule has 2 radical (unpaired) electrons. The maximum atomic E-state index is 14.3. The first-order valence-corrected chi connectivity index (χ1v) is 6.08. The normalized spacial score (nSPS) is 13.0. The van der Waals surface area contributed by atoms with Crippen molar-refractivity contribution in [3.8, 4) is 22.6 Å². The molecule has 2 aromatic rings. The van der Waals surface area contributed by atoms with Gasteiger partial charge in [-0.1, -0.05) is 12.1 Å². The van der Waals surface area contributed by atoms with Gasteiger partial charge in [0.15, 0.2) is 23.1 Å². The van der Waals surface area contributed by atoms with Crippen molar-refractivity contribution >= 4 is 7.85 Å². The van der Waals surface area contributed by atoms with E-state index in [0.717, 1.165) is 0 Å². The van der Waals surface area contributed by atoms with Gasteiger partial charge in [0.1, 0.15) is 0 Å². The molecule has 2 aromatic carbocycles. The van der Waals surface area contributed by atoms with Crippen LogP contribution in [0.15, 0.2) is 24.3 Å². The highest BCUT2D eigenvalue weighted by atomic mass is 19.1. The Kier molecular flexibility index (Phi) is 2.92. The number of rotatable bonds is 2. The highest BCUT2D eigenvalue weighted by Crippen LogP contribution is 2.48. The molecule has 0 unspecified atom stereocenters. The van der Waals surface area contributed by atoms with Gasteiger partial charge in [-0.15, -0.1) is 0 Å². The molecule has 1 aliphatic carbocycles. The van der Waals surface area contributed by atoms with Crippen LogP contribution in [0.5, 0.6) is 11.5 Å². The lowest BCUT2D eigenvalue weighted by molar-refractivity contribution is 0.383. The van der Waals surface area contributed by atoms with E-state index in [1.165, 1.54) is 26.4 Å². The van der Waals surface area contributed by atoms with Crippen LogP contribution in [0, 0.1) is 11.6 Å². The van der Waals surface area contributed by atoms with Crippen LogP contribution in [0.25, 0.3) is 11.1 Å². The Labute approximate surface area is 116 Å². The zero-order chi connectivity index (χ0) is 14.4. The minimum absolute atomic E-state index is 0.0966. The fourth-order valence-corrected chi connectivity index (χ4v) is 2.68. The molecule has 0 N–H and O–H groups in total. The second-order valence-electron chi connectivity index (χ2n) is 4.56. The zero-order valence-electron chi connectivity index (χ0n) is 11.0. The van der Waals surface area contributed by atoms with Gasteiger partial charge in [-0.05, 0) is 40.2 Å². The van der Waals surface area contributed by atoms with E-state index in [1.807, 2.05) is 0 Å². The summed E-state index contributed by atoms with van der Waals surface area (Å²) in [4.78, 5) is 0. The summed E-state index contributed by atoms with van der Waals surface area (Å²) in [6.45, 7) is 0. The Hall–Kier alpha value is -2.04. The molecule has 0 heterocycles. The summed E-state index contributed by atoms with van der Waals surface area (Å²) in [6.07, 6.45) is 0. The number of methoxy groups -OCH3 is 2. The number of hydrogen-bond donors (Lipinski definition) is 0. The maximum absolute atomic E-state index is 14.3. The van der Waals surface area contributed by atoms with Crippen molar-refractivity contribution in [2.24, 2.45) is 0 Å². The van der Waals surface area contributed by atoms with Crippen molar-refractivity contribution in [3.63, 3.8) is 0 Å². The Balaban J connectivity index is 2.29. The largest absolute Gasteiger partial charge is 0.494 e. The SMILES string of the molecule is [B]C1c2c(ccc(OC)c2F)-c2ccc(OC)c(F)c21. The van der Waals surface area contributed by atoms with Crippen LogP contribution < -0.4 is 9.47 Å². The van der Waals surface area contributed by atoms with E-state index < -0.39 is 17.5 Å². The molecule has 0 aromatic heterocycles. The zero-order valence-corrected chi connectivity index (χ0v) is 11.0. The second kappa shape index (κ2) is 4.51. The van der Waals surface area contributed by atoms with Crippen LogP contribution in [0.1, 0.15) is 16.9 Å². The van der Waals surface area contributed by atoms with Gasteiger partial charge in [0.2, 0.25) is 0 Å². The van der Waals surface area contributed by atoms with Crippen molar-refractivity contribution in [2.75, 3.05) is 14.2 Å². The van der Waals surface area contributed by atoms with Crippen molar-refractivity contribution in [3.05, 3.63) is 47.0 Å². The van der Waals surface area contributed by atoms with E-state index in [1.54, 1.807) is 12.1 Å². The van der Waals surface area contributed by atoms with Gasteiger partial charge in [-0.2, -0.15) is 0 Å². The minimum Gasteiger partial charge on any atom is -0.494 e. The van der Waals surface area contributed by atoms with Gasteiger partial charge < -0.3 is 9.47 Å². The molecule has 0 saturated carbocycles. The van der Waals surface area contributed by atoms with E-state index in [0.29, 0.717) is 11.1 Å². The average molecular weight is 272 g/mol. The Morgan fingerprint density at radius 2 is 1.25 bits per heavy atom. The predicted molar refractivity (Wildman–Crippen MR) is 72.5 cm³/mol. The third kappa shape index (κ3) is 1.55. The molecule has 20 heavy (non-hydrogen) atoms. The van der Waals surface area contributed by atoms with Gasteiger partial charge in [0.25, 0.3) is 0 Å². The third-order valence-electron chi connectivity index (χ3n) is 3.64. The summed E-state index contributed by atoms with van der Waals surface area (Å²) >= 11 is 0. The lowest BCUT2D eigenvalue weighted by Crippen LogP contribution is -2.03. The van der Waals surface area contributed by atoms with Crippen molar-refractivity contribution in [1.82, 2.24) is 0 Å². The average Bonchev–Trinajstić information content (AvgIpc) is 2.74. The number of halogens is 2. The fraction of sp³-hybridized carbons (Fsp3) is 0.200. The molecule has 100 valence electrons. The van der Waals surface area contributed by atoms with E-state index in [-0.39, 0.29) is 22.6 Å². The Morgan fingerprint density at radius 1 is 0.850 bits per heavy atom. The van der Waals surface area contributed by atoms with Crippen LogP contribution in [-0.2, 0) is 0 Å². The van der Waals surface area contributed by atoms with Crippen LogP contribution in [-0.4, -0.2) is 22.1 Å². The van der Waals surface area contributed by atoms with E-state index in [4.69, 9.17) is 17.3 Å². The van der Waals surface area contributed by atoms with Gasteiger partial charge in [-0.25, -0.2) is 8.78 Å². The monoisotopic (exact) mass is 272 g/mol. The lowest BCUT2D eigenvalue weighted by Gasteiger charge is -2.12. The van der Waals surface area contributed by atoms with Crippen LogP contribution in [0.4, 0.5) is 8.78 Å². The predicted octanol–water partition coefficient (Wildman–Crippen LogP) is 3.22. The number of fused-ring (bicyclic) bond motifs is 3. The molecule has 5 heteroatoms. The van der Waals surface area contributed by atoms with Crippen LogP contribution >= 0.6 is 0 Å². The molecule has 0 atom stereocenters.